The lowest BCUT2D eigenvalue weighted by molar-refractivity contribution is -0.123. The molecule has 0 saturated heterocycles. The van der Waals surface area contributed by atoms with Crippen LogP contribution in [-0.4, -0.2) is 23.1 Å². The Labute approximate surface area is 171 Å². The maximum Gasteiger partial charge on any atom is 0.338 e. The van der Waals surface area contributed by atoms with Crippen LogP contribution in [0.5, 0.6) is 0 Å². The standard InChI is InChI=1S/C23H17FN2O4/c1-14(22(27)25-20-10-6-5-9-18(20)24)29-23(28)16-11-12-19-17(13-16)21(30-26-19)15-7-3-2-4-8-15/h2-14H,1H3,(H,25,27)/t14-/m0/s1. The molecule has 1 aromatic heterocycles. The summed E-state index contributed by atoms with van der Waals surface area (Å²) in [6.07, 6.45) is -1.12. The van der Waals surface area contributed by atoms with Crippen molar-refractivity contribution in [1.29, 1.82) is 0 Å². The van der Waals surface area contributed by atoms with E-state index in [1.54, 1.807) is 24.3 Å². The van der Waals surface area contributed by atoms with Crippen molar-refractivity contribution in [1.82, 2.24) is 5.16 Å². The fourth-order valence-electron chi connectivity index (χ4n) is 2.95. The number of halogens is 1. The molecule has 1 N–H and O–H groups in total. The highest BCUT2D eigenvalue weighted by atomic mass is 19.1. The van der Waals surface area contributed by atoms with Crippen molar-refractivity contribution in [3.63, 3.8) is 0 Å². The fraction of sp³-hybridized carbons (Fsp3) is 0.0870. The van der Waals surface area contributed by atoms with Gasteiger partial charge in [0.25, 0.3) is 5.91 Å². The summed E-state index contributed by atoms with van der Waals surface area (Å²) in [5.41, 5.74) is 1.68. The molecule has 0 unspecified atom stereocenters. The third-order valence-corrected chi connectivity index (χ3v) is 4.53. The van der Waals surface area contributed by atoms with E-state index >= 15 is 0 Å². The average Bonchev–Trinajstić information content (AvgIpc) is 3.19. The van der Waals surface area contributed by atoms with Gasteiger partial charge in [0.1, 0.15) is 11.3 Å². The van der Waals surface area contributed by atoms with Gasteiger partial charge in [-0.2, -0.15) is 0 Å². The number of carbonyl (C=O) groups excluding carboxylic acids is 2. The predicted molar refractivity (Wildman–Crippen MR) is 109 cm³/mol. The van der Waals surface area contributed by atoms with E-state index in [-0.39, 0.29) is 11.3 Å². The number of anilines is 1. The van der Waals surface area contributed by atoms with Gasteiger partial charge in [-0.3, -0.25) is 4.79 Å². The van der Waals surface area contributed by atoms with Gasteiger partial charge >= 0.3 is 5.97 Å². The van der Waals surface area contributed by atoms with Gasteiger partial charge in [0.05, 0.1) is 16.6 Å². The average molecular weight is 404 g/mol. The van der Waals surface area contributed by atoms with E-state index < -0.39 is 23.8 Å². The lowest BCUT2D eigenvalue weighted by Crippen LogP contribution is -2.30. The van der Waals surface area contributed by atoms with E-state index in [0.29, 0.717) is 16.7 Å². The second-order valence-electron chi connectivity index (χ2n) is 6.63. The van der Waals surface area contributed by atoms with Crippen molar-refractivity contribution in [3.8, 4) is 11.3 Å². The molecule has 1 heterocycles. The summed E-state index contributed by atoms with van der Waals surface area (Å²) in [5.74, 6) is -1.36. The fourth-order valence-corrected chi connectivity index (χ4v) is 2.95. The molecule has 0 bridgehead atoms. The largest absolute Gasteiger partial charge is 0.449 e. The first-order valence-corrected chi connectivity index (χ1v) is 9.24. The molecule has 1 atom stereocenters. The third-order valence-electron chi connectivity index (χ3n) is 4.53. The summed E-state index contributed by atoms with van der Waals surface area (Å²) in [6.45, 7) is 1.42. The molecule has 150 valence electrons. The van der Waals surface area contributed by atoms with E-state index in [1.807, 2.05) is 30.3 Å². The predicted octanol–water partition coefficient (Wildman–Crippen LogP) is 4.82. The van der Waals surface area contributed by atoms with Crippen LogP contribution in [0.25, 0.3) is 22.2 Å². The number of aromatic nitrogens is 1. The van der Waals surface area contributed by atoms with Crippen LogP contribution >= 0.6 is 0 Å². The molecule has 30 heavy (non-hydrogen) atoms. The number of carbonyl (C=O) groups is 2. The first-order valence-electron chi connectivity index (χ1n) is 9.24. The first kappa shape index (κ1) is 19.3. The number of hydrogen-bond acceptors (Lipinski definition) is 5. The van der Waals surface area contributed by atoms with Crippen LogP contribution in [0.4, 0.5) is 10.1 Å². The highest BCUT2D eigenvalue weighted by Gasteiger charge is 2.21. The lowest BCUT2D eigenvalue weighted by Gasteiger charge is -2.14. The molecule has 4 aromatic rings. The molecule has 3 aromatic carbocycles. The van der Waals surface area contributed by atoms with Crippen molar-refractivity contribution in [3.05, 3.63) is 84.2 Å². The molecule has 0 radical (unpaired) electrons. The highest BCUT2D eigenvalue weighted by molar-refractivity contribution is 6.00. The van der Waals surface area contributed by atoms with E-state index in [2.05, 4.69) is 10.5 Å². The summed E-state index contributed by atoms with van der Waals surface area (Å²) in [4.78, 5) is 24.8. The van der Waals surface area contributed by atoms with E-state index in [9.17, 15) is 14.0 Å². The number of amides is 1. The molecule has 7 heteroatoms. The lowest BCUT2D eigenvalue weighted by atomic mass is 10.1. The number of rotatable bonds is 5. The SMILES string of the molecule is C[C@H](OC(=O)c1ccc2noc(-c3ccccc3)c2c1)C(=O)Nc1ccccc1F. The quantitative estimate of drug-likeness (QED) is 0.483. The number of hydrogen-bond donors (Lipinski definition) is 1. The Morgan fingerprint density at radius 2 is 1.77 bits per heavy atom. The summed E-state index contributed by atoms with van der Waals surface area (Å²) in [7, 11) is 0. The van der Waals surface area contributed by atoms with Crippen LogP contribution in [0.15, 0.2) is 77.3 Å². The molecule has 0 spiro atoms. The van der Waals surface area contributed by atoms with Crippen LogP contribution in [0.3, 0.4) is 0 Å². The number of esters is 1. The highest BCUT2D eigenvalue weighted by Crippen LogP contribution is 2.29. The normalized spacial score (nSPS) is 11.8. The maximum atomic E-state index is 13.7. The number of ether oxygens (including phenoxy) is 1. The summed E-state index contributed by atoms with van der Waals surface area (Å²) in [5, 5.41) is 7.07. The van der Waals surface area contributed by atoms with Crippen molar-refractivity contribution in [2.75, 3.05) is 5.32 Å². The van der Waals surface area contributed by atoms with E-state index in [1.165, 1.54) is 25.1 Å². The van der Waals surface area contributed by atoms with Crippen molar-refractivity contribution in [2.24, 2.45) is 0 Å². The molecule has 0 aliphatic carbocycles. The van der Waals surface area contributed by atoms with Crippen molar-refractivity contribution < 1.29 is 23.2 Å². The van der Waals surface area contributed by atoms with Crippen LogP contribution in [0.2, 0.25) is 0 Å². The van der Waals surface area contributed by atoms with Gasteiger partial charge in [-0.25, -0.2) is 9.18 Å². The maximum absolute atomic E-state index is 13.7. The van der Waals surface area contributed by atoms with Gasteiger partial charge in [0, 0.05) is 5.56 Å². The van der Waals surface area contributed by atoms with Gasteiger partial charge < -0.3 is 14.6 Å². The molecule has 0 fully saturated rings. The Bertz CT molecular complexity index is 1220. The number of nitrogens with one attached hydrogen (secondary N) is 1. The zero-order chi connectivity index (χ0) is 21.1. The third kappa shape index (κ3) is 3.91. The van der Waals surface area contributed by atoms with E-state index in [4.69, 9.17) is 9.26 Å². The zero-order valence-corrected chi connectivity index (χ0v) is 16.0. The molecule has 0 aliphatic rings. The van der Waals surface area contributed by atoms with Gasteiger partial charge in [-0.05, 0) is 37.3 Å². The smallest absolute Gasteiger partial charge is 0.338 e. The van der Waals surface area contributed by atoms with E-state index in [0.717, 1.165) is 5.56 Å². The van der Waals surface area contributed by atoms with Crippen LogP contribution < -0.4 is 5.32 Å². The second kappa shape index (κ2) is 8.16. The van der Waals surface area contributed by atoms with Gasteiger partial charge in [0.2, 0.25) is 0 Å². The molecule has 0 saturated carbocycles. The minimum absolute atomic E-state index is 0.0174. The van der Waals surface area contributed by atoms with Gasteiger partial charge in [0.15, 0.2) is 11.9 Å². The zero-order valence-electron chi connectivity index (χ0n) is 16.0. The molecule has 6 nitrogen and oxygen atoms in total. The summed E-state index contributed by atoms with van der Waals surface area (Å²) in [6, 6.07) is 19.9. The molecule has 4 rings (SSSR count). The Balaban J connectivity index is 1.52. The number of para-hydroxylation sites is 1. The number of nitrogens with zero attached hydrogens (tertiary/aromatic N) is 1. The van der Waals surface area contributed by atoms with Gasteiger partial charge in [-0.15, -0.1) is 0 Å². The Hall–Kier alpha value is -4.00. The molecular weight excluding hydrogens is 387 g/mol. The minimum Gasteiger partial charge on any atom is -0.449 e. The first-order chi connectivity index (χ1) is 14.5. The Morgan fingerprint density at radius 3 is 2.53 bits per heavy atom. The number of benzene rings is 3. The molecular formula is C23H17FN2O4. The van der Waals surface area contributed by atoms with Crippen molar-refractivity contribution >= 4 is 28.5 Å². The number of fused-ring (bicyclic) bond motifs is 1. The van der Waals surface area contributed by atoms with Crippen LogP contribution in [0.1, 0.15) is 17.3 Å². The summed E-state index contributed by atoms with van der Waals surface area (Å²) >= 11 is 0. The van der Waals surface area contributed by atoms with Crippen molar-refractivity contribution in [2.45, 2.75) is 13.0 Å². The molecule has 0 aliphatic heterocycles. The Kier molecular flexibility index (Phi) is 5.26. The Morgan fingerprint density at radius 1 is 1.03 bits per heavy atom. The van der Waals surface area contributed by atoms with Gasteiger partial charge in [-0.1, -0.05) is 47.6 Å². The summed E-state index contributed by atoms with van der Waals surface area (Å²) < 4.78 is 24.4. The molecule has 1 amide bonds. The monoisotopic (exact) mass is 404 g/mol. The minimum atomic E-state index is -1.12. The topological polar surface area (TPSA) is 81.4 Å². The second-order valence-corrected chi connectivity index (χ2v) is 6.63. The van der Waals surface area contributed by atoms with Crippen LogP contribution in [-0.2, 0) is 9.53 Å². The van der Waals surface area contributed by atoms with Crippen LogP contribution in [0, 0.1) is 5.82 Å².